The molecule has 7 rings (SSSR count). The van der Waals surface area contributed by atoms with Crippen molar-refractivity contribution < 1.29 is 0 Å². The summed E-state index contributed by atoms with van der Waals surface area (Å²) in [4.78, 5) is 6.81. The molecule has 2 heteroatoms. The fourth-order valence-electron chi connectivity index (χ4n) is 5.33. The van der Waals surface area contributed by atoms with Gasteiger partial charge in [-0.3, -0.25) is 4.90 Å². The fraction of sp³-hybridized carbons (Fsp3) is 0. The lowest BCUT2D eigenvalue weighted by Crippen LogP contribution is -2.11. The quantitative estimate of drug-likeness (QED) is 0.268. The van der Waals surface area contributed by atoms with Crippen LogP contribution in [0, 0.1) is 0 Å². The Bertz CT molecular complexity index is 1600. The van der Waals surface area contributed by atoms with Gasteiger partial charge in [0.1, 0.15) is 5.82 Å². The number of pyridine rings is 1. The number of benzene rings is 5. The topological polar surface area (TPSA) is 16.1 Å². The SMILES string of the molecule is c1ccc(N(c2ccc(-c3ccc4c5c(cccc35)-c3ccccc3-4)cc2)c2ccccn2)cc1. The van der Waals surface area contributed by atoms with Crippen LogP contribution in [0.2, 0.25) is 0 Å². The molecule has 1 aliphatic carbocycles. The average Bonchev–Trinajstić information content (AvgIpc) is 3.26. The summed E-state index contributed by atoms with van der Waals surface area (Å²) in [5.41, 5.74) is 9.95. The molecule has 0 bridgehead atoms. The minimum absolute atomic E-state index is 0.898. The highest BCUT2D eigenvalue weighted by molar-refractivity contribution is 6.18. The maximum Gasteiger partial charge on any atom is 0.137 e. The number of nitrogens with zero attached hydrogens (tertiary/aromatic N) is 2. The Morgan fingerprint density at radius 3 is 1.80 bits per heavy atom. The number of anilines is 3. The van der Waals surface area contributed by atoms with E-state index in [0.717, 1.165) is 17.2 Å². The van der Waals surface area contributed by atoms with Gasteiger partial charge in [0.05, 0.1) is 0 Å². The lowest BCUT2D eigenvalue weighted by molar-refractivity contribution is 1.18. The smallest absolute Gasteiger partial charge is 0.137 e. The van der Waals surface area contributed by atoms with E-state index in [1.807, 2.05) is 30.5 Å². The third kappa shape index (κ3) is 3.15. The number of fused-ring (bicyclic) bond motifs is 3. The molecule has 6 aromatic rings. The van der Waals surface area contributed by atoms with Crippen LogP contribution in [0.15, 0.2) is 134 Å². The van der Waals surface area contributed by atoms with Crippen molar-refractivity contribution in [1.82, 2.24) is 4.98 Å². The van der Waals surface area contributed by atoms with Crippen molar-refractivity contribution in [3.05, 3.63) is 134 Å². The van der Waals surface area contributed by atoms with Gasteiger partial charge in [0.25, 0.3) is 0 Å². The largest absolute Gasteiger partial charge is 0.295 e. The molecule has 0 saturated carbocycles. The van der Waals surface area contributed by atoms with Gasteiger partial charge >= 0.3 is 0 Å². The normalized spacial score (nSPS) is 11.4. The second-order valence-corrected chi connectivity index (χ2v) is 8.84. The van der Waals surface area contributed by atoms with E-state index in [-0.39, 0.29) is 0 Å². The first kappa shape index (κ1) is 19.7. The van der Waals surface area contributed by atoms with E-state index in [1.165, 1.54) is 44.2 Å². The number of aromatic nitrogens is 1. The van der Waals surface area contributed by atoms with Gasteiger partial charge in [-0.15, -0.1) is 0 Å². The maximum atomic E-state index is 4.63. The number of hydrogen-bond acceptors (Lipinski definition) is 2. The summed E-state index contributed by atoms with van der Waals surface area (Å²) in [5.74, 6) is 0.898. The molecule has 1 aromatic heterocycles. The lowest BCUT2D eigenvalue weighted by atomic mass is 9.94. The summed E-state index contributed by atoms with van der Waals surface area (Å²) in [6.07, 6.45) is 1.84. The second-order valence-electron chi connectivity index (χ2n) is 8.84. The van der Waals surface area contributed by atoms with E-state index in [1.54, 1.807) is 0 Å². The van der Waals surface area contributed by atoms with Crippen LogP contribution < -0.4 is 4.90 Å². The minimum atomic E-state index is 0.898. The number of para-hydroxylation sites is 1. The molecule has 0 radical (unpaired) electrons. The van der Waals surface area contributed by atoms with Crippen molar-refractivity contribution in [1.29, 1.82) is 0 Å². The Morgan fingerprint density at radius 1 is 0.429 bits per heavy atom. The molecule has 0 atom stereocenters. The summed E-state index contributed by atoms with van der Waals surface area (Å²) >= 11 is 0. The molecule has 164 valence electrons. The van der Waals surface area contributed by atoms with Gasteiger partial charge in [-0.05, 0) is 80.6 Å². The molecule has 0 saturated heterocycles. The molecule has 5 aromatic carbocycles. The molecule has 0 N–H and O–H groups in total. The zero-order valence-electron chi connectivity index (χ0n) is 19.1. The average molecular weight is 447 g/mol. The summed E-state index contributed by atoms with van der Waals surface area (Å²) in [6.45, 7) is 0. The molecular weight excluding hydrogens is 424 g/mol. The Balaban J connectivity index is 1.34. The lowest BCUT2D eigenvalue weighted by Gasteiger charge is -2.24. The van der Waals surface area contributed by atoms with E-state index >= 15 is 0 Å². The highest BCUT2D eigenvalue weighted by Crippen LogP contribution is 2.49. The molecule has 1 heterocycles. The molecule has 0 amide bonds. The minimum Gasteiger partial charge on any atom is -0.295 e. The van der Waals surface area contributed by atoms with Crippen LogP contribution in [0.25, 0.3) is 44.2 Å². The van der Waals surface area contributed by atoms with Crippen molar-refractivity contribution in [2.24, 2.45) is 0 Å². The zero-order chi connectivity index (χ0) is 23.2. The Kier molecular flexibility index (Phi) is 4.49. The third-order valence-corrected chi connectivity index (χ3v) is 6.88. The molecule has 1 aliphatic rings. The maximum absolute atomic E-state index is 4.63. The van der Waals surface area contributed by atoms with Gasteiger partial charge < -0.3 is 0 Å². The third-order valence-electron chi connectivity index (χ3n) is 6.88. The zero-order valence-corrected chi connectivity index (χ0v) is 19.1. The van der Waals surface area contributed by atoms with Crippen molar-refractivity contribution in [3.63, 3.8) is 0 Å². The van der Waals surface area contributed by atoms with Crippen molar-refractivity contribution in [3.8, 4) is 33.4 Å². The first-order valence-corrected chi connectivity index (χ1v) is 11.9. The van der Waals surface area contributed by atoms with E-state index in [9.17, 15) is 0 Å². The highest BCUT2D eigenvalue weighted by Gasteiger charge is 2.22. The van der Waals surface area contributed by atoms with Crippen LogP contribution >= 0.6 is 0 Å². The van der Waals surface area contributed by atoms with Crippen molar-refractivity contribution in [2.45, 2.75) is 0 Å². The molecule has 2 nitrogen and oxygen atoms in total. The highest BCUT2D eigenvalue weighted by atomic mass is 15.2. The Hall–Kier alpha value is -4.69. The molecular formula is C33H22N2. The first-order valence-electron chi connectivity index (χ1n) is 11.9. The standard InChI is InChI=1S/C33H22N2/c1-2-9-24(10-3-1)35(32-15-6-7-22-34-32)25-18-16-23(17-19-25)26-20-21-31-28-12-5-4-11-27(28)30-14-8-13-29(26)33(30)31/h1-22H. The molecule has 0 fully saturated rings. The summed E-state index contributed by atoms with van der Waals surface area (Å²) in [6, 6.07) is 45.2. The van der Waals surface area contributed by atoms with Crippen LogP contribution in [-0.4, -0.2) is 4.98 Å². The summed E-state index contributed by atoms with van der Waals surface area (Å²) in [7, 11) is 0. The van der Waals surface area contributed by atoms with Crippen LogP contribution in [0.3, 0.4) is 0 Å². The molecule has 0 unspecified atom stereocenters. The van der Waals surface area contributed by atoms with Gasteiger partial charge in [0, 0.05) is 17.6 Å². The monoisotopic (exact) mass is 446 g/mol. The molecule has 35 heavy (non-hydrogen) atoms. The summed E-state index contributed by atoms with van der Waals surface area (Å²) < 4.78 is 0. The first-order chi connectivity index (χ1) is 17.4. The van der Waals surface area contributed by atoms with Crippen LogP contribution in [0.5, 0.6) is 0 Å². The van der Waals surface area contributed by atoms with E-state index in [4.69, 9.17) is 0 Å². The molecule has 0 aliphatic heterocycles. The molecule has 0 spiro atoms. The van der Waals surface area contributed by atoms with Gasteiger partial charge in [-0.1, -0.05) is 91.0 Å². The Morgan fingerprint density at radius 2 is 1.06 bits per heavy atom. The van der Waals surface area contributed by atoms with E-state index < -0.39 is 0 Å². The van der Waals surface area contributed by atoms with Crippen LogP contribution in [0.4, 0.5) is 17.2 Å². The number of hydrogen-bond donors (Lipinski definition) is 0. The van der Waals surface area contributed by atoms with Crippen molar-refractivity contribution in [2.75, 3.05) is 4.90 Å². The predicted octanol–water partition coefficient (Wildman–Crippen LogP) is 9.02. The predicted molar refractivity (Wildman–Crippen MR) is 146 cm³/mol. The van der Waals surface area contributed by atoms with E-state index in [2.05, 4.69) is 113 Å². The Labute approximate surface area is 204 Å². The van der Waals surface area contributed by atoms with Gasteiger partial charge in [-0.2, -0.15) is 0 Å². The fourth-order valence-corrected chi connectivity index (χ4v) is 5.33. The van der Waals surface area contributed by atoms with Gasteiger partial charge in [0.15, 0.2) is 0 Å². The van der Waals surface area contributed by atoms with Crippen LogP contribution in [-0.2, 0) is 0 Å². The van der Waals surface area contributed by atoms with E-state index in [0.29, 0.717) is 0 Å². The van der Waals surface area contributed by atoms with Gasteiger partial charge in [-0.25, -0.2) is 4.98 Å². The van der Waals surface area contributed by atoms with Gasteiger partial charge in [0.2, 0.25) is 0 Å². The summed E-state index contributed by atoms with van der Waals surface area (Å²) in [5, 5.41) is 2.66. The number of rotatable bonds is 4. The van der Waals surface area contributed by atoms with Crippen molar-refractivity contribution >= 4 is 28.0 Å². The van der Waals surface area contributed by atoms with Crippen LogP contribution in [0.1, 0.15) is 0 Å². The second kappa shape index (κ2) is 7.96.